The van der Waals surface area contributed by atoms with Gasteiger partial charge in [0.15, 0.2) is 0 Å². The van der Waals surface area contributed by atoms with Crippen LogP contribution in [0.15, 0.2) is 0 Å². The third-order valence-corrected chi connectivity index (χ3v) is 4.16. The Balaban J connectivity index is 1.69. The number of hydrogen-bond donors (Lipinski definition) is 1. The Kier molecular flexibility index (Phi) is 4.22. The number of piperidine rings is 1. The summed E-state index contributed by atoms with van der Waals surface area (Å²) in [7, 11) is 1.98. The van der Waals surface area contributed by atoms with E-state index in [9.17, 15) is 4.79 Å². The quantitative estimate of drug-likeness (QED) is 0.787. The molecule has 0 atom stereocenters. The minimum absolute atomic E-state index is 0.285. The molecule has 1 N–H and O–H groups in total. The van der Waals surface area contributed by atoms with Crippen LogP contribution in [-0.4, -0.2) is 37.5 Å². The molecule has 3 nitrogen and oxygen atoms in total. The summed E-state index contributed by atoms with van der Waals surface area (Å²) in [4.78, 5) is 14.1. The van der Waals surface area contributed by atoms with Crippen LogP contribution in [0, 0.1) is 11.8 Å². The zero-order valence-corrected chi connectivity index (χ0v) is 10.4. The highest BCUT2D eigenvalue weighted by Gasteiger charge is 2.25. The highest BCUT2D eigenvalue weighted by molar-refractivity contribution is 5.78. The number of nitrogens with zero attached hydrogens (tertiary/aromatic N) is 1. The van der Waals surface area contributed by atoms with Gasteiger partial charge in [-0.25, -0.2) is 0 Å². The van der Waals surface area contributed by atoms with Gasteiger partial charge in [0.2, 0.25) is 5.91 Å². The highest BCUT2D eigenvalue weighted by Crippen LogP contribution is 2.29. The van der Waals surface area contributed by atoms with Crippen LogP contribution in [0.4, 0.5) is 0 Å². The second kappa shape index (κ2) is 5.67. The lowest BCUT2D eigenvalue weighted by atomic mass is 9.83. The van der Waals surface area contributed by atoms with E-state index in [1.54, 1.807) is 0 Å². The molecule has 1 saturated heterocycles. The first kappa shape index (κ1) is 11.9. The molecule has 0 bridgehead atoms. The first-order chi connectivity index (χ1) is 7.77. The maximum absolute atomic E-state index is 12.1. The Labute approximate surface area is 98.6 Å². The molecule has 2 fully saturated rings. The Morgan fingerprint density at radius 2 is 1.94 bits per heavy atom. The van der Waals surface area contributed by atoms with Crippen molar-refractivity contribution < 1.29 is 4.79 Å². The molecule has 1 aliphatic heterocycles. The van der Waals surface area contributed by atoms with Gasteiger partial charge < -0.3 is 10.2 Å². The van der Waals surface area contributed by atoms with Crippen molar-refractivity contribution in [2.45, 2.75) is 38.5 Å². The van der Waals surface area contributed by atoms with Gasteiger partial charge >= 0.3 is 0 Å². The van der Waals surface area contributed by atoms with Crippen molar-refractivity contribution in [2.75, 3.05) is 26.7 Å². The van der Waals surface area contributed by atoms with E-state index in [-0.39, 0.29) is 5.92 Å². The minimum Gasteiger partial charge on any atom is -0.346 e. The van der Waals surface area contributed by atoms with Crippen LogP contribution in [0.5, 0.6) is 0 Å². The van der Waals surface area contributed by atoms with E-state index in [2.05, 4.69) is 5.32 Å². The average molecular weight is 224 g/mol. The third kappa shape index (κ3) is 2.97. The summed E-state index contributed by atoms with van der Waals surface area (Å²) in [6.45, 7) is 2.98. The minimum atomic E-state index is 0.285. The molecule has 0 unspecified atom stereocenters. The summed E-state index contributed by atoms with van der Waals surface area (Å²) in [5.41, 5.74) is 0. The molecule has 0 radical (unpaired) electrons. The molecule has 1 aliphatic carbocycles. The van der Waals surface area contributed by atoms with E-state index in [1.807, 2.05) is 11.9 Å². The lowest BCUT2D eigenvalue weighted by Gasteiger charge is -2.30. The standard InChI is InChI=1S/C13H24N2O/c1-15(10-7-11-3-2-4-11)13(16)12-5-8-14-9-6-12/h11-12,14H,2-10H2,1H3. The summed E-state index contributed by atoms with van der Waals surface area (Å²) in [6.07, 6.45) is 7.42. The Bertz CT molecular complexity index is 232. The van der Waals surface area contributed by atoms with Crippen molar-refractivity contribution in [3.8, 4) is 0 Å². The predicted molar refractivity (Wildman–Crippen MR) is 65.2 cm³/mol. The van der Waals surface area contributed by atoms with Gasteiger partial charge in [0, 0.05) is 19.5 Å². The van der Waals surface area contributed by atoms with Crippen molar-refractivity contribution >= 4 is 5.91 Å². The monoisotopic (exact) mass is 224 g/mol. The van der Waals surface area contributed by atoms with E-state index in [0.717, 1.165) is 38.4 Å². The van der Waals surface area contributed by atoms with Crippen LogP contribution in [0.25, 0.3) is 0 Å². The van der Waals surface area contributed by atoms with E-state index in [0.29, 0.717) is 5.91 Å². The van der Waals surface area contributed by atoms with Gasteiger partial charge in [-0.1, -0.05) is 19.3 Å². The van der Waals surface area contributed by atoms with Gasteiger partial charge in [-0.2, -0.15) is 0 Å². The third-order valence-electron chi connectivity index (χ3n) is 4.16. The van der Waals surface area contributed by atoms with Crippen LogP contribution >= 0.6 is 0 Å². The SMILES string of the molecule is CN(CCC1CCC1)C(=O)C1CCNCC1. The Hall–Kier alpha value is -0.570. The largest absolute Gasteiger partial charge is 0.346 e. The van der Waals surface area contributed by atoms with Gasteiger partial charge in [0.1, 0.15) is 0 Å². The van der Waals surface area contributed by atoms with Crippen molar-refractivity contribution in [1.82, 2.24) is 10.2 Å². The molecule has 1 heterocycles. The van der Waals surface area contributed by atoms with Gasteiger partial charge in [0.25, 0.3) is 0 Å². The first-order valence-corrected chi connectivity index (χ1v) is 6.73. The fourth-order valence-corrected chi connectivity index (χ4v) is 2.65. The average Bonchev–Trinajstić information content (AvgIpc) is 2.27. The van der Waals surface area contributed by atoms with Crippen molar-refractivity contribution in [3.05, 3.63) is 0 Å². The van der Waals surface area contributed by atoms with E-state index in [1.165, 1.54) is 25.7 Å². The molecule has 16 heavy (non-hydrogen) atoms. The molecule has 0 aromatic carbocycles. The molecule has 1 amide bonds. The van der Waals surface area contributed by atoms with Crippen LogP contribution in [0.3, 0.4) is 0 Å². The molecular weight excluding hydrogens is 200 g/mol. The number of carbonyl (C=O) groups is 1. The van der Waals surface area contributed by atoms with E-state index < -0.39 is 0 Å². The zero-order chi connectivity index (χ0) is 11.4. The predicted octanol–water partition coefficient (Wildman–Crippen LogP) is 1.63. The fraction of sp³-hybridized carbons (Fsp3) is 0.923. The lowest BCUT2D eigenvalue weighted by Crippen LogP contribution is -2.40. The maximum atomic E-state index is 12.1. The summed E-state index contributed by atoms with van der Waals surface area (Å²) < 4.78 is 0. The number of carbonyl (C=O) groups excluding carboxylic acids is 1. The van der Waals surface area contributed by atoms with Crippen LogP contribution in [0.1, 0.15) is 38.5 Å². The number of hydrogen-bond acceptors (Lipinski definition) is 2. The van der Waals surface area contributed by atoms with Crippen molar-refractivity contribution in [1.29, 1.82) is 0 Å². The molecule has 3 heteroatoms. The summed E-state index contributed by atoms with van der Waals surface area (Å²) in [5, 5.41) is 3.31. The molecule has 0 aromatic heterocycles. The smallest absolute Gasteiger partial charge is 0.225 e. The van der Waals surface area contributed by atoms with Gasteiger partial charge in [-0.3, -0.25) is 4.79 Å². The van der Waals surface area contributed by atoms with E-state index in [4.69, 9.17) is 0 Å². The van der Waals surface area contributed by atoms with Gasteiger partial charge in [-0.15, -0.1) is 0 Å². The molecule has 1 saturated carbocycles. The molecule has 2 rings (SSSR count). The van der Waals surface area contributed by atoms with Crippen LogP contribution in [0.2, 0.25) is 0 Å². The maximum Gasteiger partial charge on any atom is 0.225 e. The molecule has 0 spiro atoms. The molecule has 2 aliphatic rings. The summed E-state index contributed by atoms with van der Waals surface area (Å²) >= 11 is 0. The summed E-state index contributed by atoms with van der Waals surface area (Å²) in [5.74, 6) is 1.57. The Morgan fingerprint density at radius 3 is 2.50 bits per heavy atom. The number of rotatable bonds is 4. The lowest BCUT2D eigenvalue weighted by molar-refractivity contribution is -0.135. The van der Waals surface area contributed by atoms with Crippen molar-refractivity contribution in [2.24, 2.45) is 11.8 Å². The van der Waals surface area contributed by atoms with E-state index >= 15 is 0 Å². The highest BCUT2D eigenvalue weighted by atomic mass is 16.2. The second-order valence-corrected chi connectivity index (χ2v) is 5.37. The van der Waals surface area contributed by atoms with Crippen LogP contribution < -0.4 is 5.32 Å². The number of nitrogens with one attached hydrogen (secondary N) is 1. The van der Waals surface area contributed by atoms with Crippen molar-refractivity contribution in [3.63, 3.8) is 0 Å². The second-order valence-electron chi connectivity index (χ2n) is 5.37. The topological polar surface area (TPSA) is 32.3 Å². The van der Waals surface area contributed by atoms with Gasteiger partial charge in [-0.05, 0) is 38.3 Å². The van der Waals surface area contributed by atoms with Crippen LogP contribution in [-0.2, 0) is 4.79 Å². The normalized spacial score (nSPS) is 22.8. The fourth-order valence-electron chi connectivity index (χ4n) is 2.65. The zero-order valence-electron chi connectivity index (χ0n) is 10.4. The van der Waals surface area contributed by atoms with Gasteiger partial charge in [0.05, 0.1) is 0 Å². The Morgan fingerprint density at radius 1 is 1.25 bits per heavy atom. The molecular formula is C13H24N2O. The number of amides is 1. The molecule has 0 aromatic rings. The molecule has 92 valence electrons. The summed E-state index contributed by atoms with van der Waals surface area (Å²) in [6, 6.07) is 0. The first-order valence-electron chi connectivity index (χ1n) is 6.73.